The van der Waals surface area contributed by atoms with Gasteiger partial charge in [0, 0.05) is 52.3 Å². The van der Waals surface area contributed by atoms with Crippen LogP contribution >= 0.6 is 15.9 Å². The van der Waals surface area contributed by atoms with Crippen LogP contribution in [0.4, 0.5) is 22.7 Å². The van der Waals surface area contributed by atoms with E-state index < -0.39 is 0 Å². The standard InChI is InChI=1S/C28H20BrN.C24H20N2.B/c29-23-18-15-21(16-19-23)17-20-26-25-13-7-8-14-27(25)30(24-11-5-2-6-12-24)28(26)22-9-3-1-4-10-22;1-3-7-21(8-4-1)25-23-15-11-19(12-16-23)20-13-17-24(18-14-20)26-22-9-5-2-6-10-22;/h1-20H;1-18,25-26H;/b20-17+;;. The molecule has 2 N–H and O–H groups in total. The zero-order valence-corrected chi connectivity index (χ0v) is 32.9. The second-order valence-electron chi connectivity index (χ2n) is 13.3. The van der Waals surface area contributed by atoms with Gasteiger partial charge in [0.1, 0.15) is 0 Å². The van der Waals surface area contributed by atoms with Crippen molar-refractivity contribution >= 4 is 70.1 Å². The average molecular weight is 798 g/mol. The van der Waals surface area contributed by atoms with E-state index in [9.17, 15) is 0 Å². The van der Waals surface area contributed by atoms with Crippen LogP contribution in [0.15, 0.2) is 223 Å². The lowest BCUT2D eigenvalue weighted by Crippen LogP contribution is -1.97. The summed E-state index contributed by atoms with van der Waals surface area (Å²) in [5, 5.41) is 8.06. The first-order valence-electron chi connectivity index (χ1n) is 18.7. The number of fused-ring (bicyclic) bond motifs is 1. The summed E-state index contributed by atoms with van der Waals surface area (Å²) < 4.78 is 3.46. The Hall–Kier alpha value is -6.82. The molecule has 0 unspecified atom stereocenters. The fourth-order valence-electron chi connectivity index (χ4n) is 6.78. The van der Waals surface area contributed by atoms with Crippen molar-refractivity contribution in [1.82, 2.24) is 4.57 Å². The van der Waals surface area contributed by atoms with E-state index in [1.165, 1.54) is 44.4 Å². The summed E-state index contributed by atoms with van der Waals surface area (Å²) in [6.07, 6.45) is 4.43. The molecule has 273 valence electrons. The topological polar surface area (TPSA) is 29.0 Å². The van der Waals surface area contributed by atoms with Crippen molar-refractivity contribution in [2.45, 2.75) is 0 Å². The molecule has 0 amide bonds. The van der Waals surface area contributed by atoms with Gasteiger partial charge in [0.2, 0.25) is 0 Å². The van der Waals surface area contributed by atoms with Gasteiger partial charge in [0.15, 0.2) is 0 Å². The Labute approximate surface area is 345 Å². The highest BCUT2D eigenvalue weighted by atomic mass is 79.9. The Kier molecular flexibility index (Phi) is 12.6. The van der Waals surface area contributed by atoms with E-state index in [4.69, 9.17) is 0 Å². The summed E-state index contributed by atoms with van der Waals surface area (Å²) in [6.45, 7) is 0. The number of hydrogen-bond acceptors (Lipinski definition) is 2. The van der Waals surface area contributed by atoms with Crippen molar-refractivity contribution in [3.05, 3.63) is 234 Å². The summed E-state index contributed by atoms with van der Waals surface area (Å²) in [5.74, 6) is 0. The largest absolute Gasteiger partial charge is 0.356 e. The molecule has 9 rings (SSSR count). The third kappa shape index (κ3) is 9.53. The van der Waals surface area contributed by atoms with Gasteiger partial charge in [-0.15, -0.1) is 0 Å². The van der Waals surface area contributed by atoms with Gasteiger partial charge in [-0.05, 0) is 101 Å². The number of nitrogens with one attached hydrogen (secondary N) is 2. The Balaban J connectivity index is 0.000000173. The maximum atomic E-state index is 3.52. The Morgan fingerprint density at radius 2 is 0.825 bits per heavy atom. The van der Waals surface area contributed by atoms with Crippen LogP contribution in [0.2, 0.25) is 0 Å². The van der Waals surface area contributed by atoms with Crippen molar-refractivity contribution in [1.29, 1.82) is 0 Å². The minimum absolute atomic E-state index is 0. The van der Waals surface area contributed by atoms with E-state index >= 15 is 0 Å². The normalized spacial score (nSPS) is 10.7. The molecule has 0 saturated heterocycles. The van der Waals surface area contributed by atoms with Gasteiger partial charge in [-0.25, -0.2) is 0 Å². The second kappa shape index (κ2) is 18.7. The Bertz CT molecular complexity index is 2560. The summed E-state index contributed by atoms with van der Waals surface area (Å²) in [4.78, 5) is 0. The van der Waals surface area contributed by atoms with Crippen LogP contribution in [-0.4, -0.2) is 13.0 Å². The van der Waals surface area contributed by atoms with Crippen LogP contribution in [0.5, 0.6) is 0 Å². The van der Waals surface area contributed by atoms with E-state index in [-0.39, 0.29) is 8.41 Å². The fraction of sp³-hybridized carbons (Fsp3) is 0. The van der Waals surface area contributed by atoms with Crippen molar-refractivity contribution in [2.75, 3.05) is 10.6 Å². The lowest BCUT2D eigenvalue weighted by molar-refractivity contribution is 1.13. The summed E-state index contributed by atoms with van der Waals surface area (Å²) in [5.41, 5.74) is 13.9. The van der Waals surface area contributed by atoms with E-state index in [1.54, 1.807) is 0 Å². The lowest BCUT2D eigenvalue weighted by atomic mass is 10.0. The van der Waals surface area contributed by atoms with Crippen LogP contribution in [0.1, 0.15) is 11.1 Å². The Morgan fingerprint density at radius 1 is 0.386 bits per heavy atom. The second-order valence-corrected chi connectivity index (χ2v) is 14.3. The van der Waals surface area contributed by atoms with Crippen molar-refractivity contribution in [2.24, 2.45) is 0 Å². The minimum Gasteiger partial charge on any atom is -0.356 e. The lowest BCUT2D eigenvalue weighted by Gasteiger charge is -2.12. The van der Waals surface area contributed by atoms with Crippen LogP contribution in [0.25, 0.3) is 51.1 Å². The molecule has 0 atom stereocenters. The predicted molar refractivity (Wildman–Crippen MR) is 249 cm³/mol. The van der Waals surface area contributed by atoms with Gasteiger partial charge in [-0.3, -0.25) is 0 Å². The number of aromatic nitrogens is 1. The molecule has 1 aromatic heterocycles. The fourth-order valence-corrected chi connectivity index (χ4v) is 7.05. The van der Waals surface area contributed by atoms with Crippen molar-refractivity contribution in [3.63, 3.8) is 0 Å². The SMILES string of the molecule is Brc1ccc(/C=C/c2c(-c3ccccc3)n(-c3ccccc3)c3ccccc23)cc1.[B].c1ccc(Nc2ccc(-c3ccc(Nc4ccccc4)cc3)cc2)cc1. The molecule has 8 aromatic carbocycles. The molecule has 0 aliphatic rings. The molecule has 0 aliphatic heterocycles. The molecule has 57 heavy (non-hydrogen) atoms. The first kappa shape index (κ1) is 38.5. The van der Waals surface area contributed by atoms with Crippen LogP contribution in [0, 0.1) is 0 Å². The molecule has 0 saturated carbocycles. The monoisotopic (exact) mass is 796 g/mol. The van der Waals surface area contributed by atoms with Gasteiger partial charge in [-0.2, -0.15) is 0 Å². The number of halogens is 1. The molecule has 0 aliphatic carbocycles. The molecular weight excluding hydrogens is 757 g/mol. The van der Waals surface area contributed by atoms with Crippen LogP contribution in [0.3, 0.4) is 0 Å². The van der Waals surface area contributed by atoms with Crippen molar-refractivity contribution in [3.8, 4) is 28.1 Å². The van der Waals surface area contributed by atoms with E-state index in [1.807, 2.05) is 36.4 Å². The summed E-state index contributed by atoms with van der Waals surface area (Å²) >= 11 is 3.52. The molecule has 3 radical (unpaired) electrons. The number of rotatable bonds is 9. The Morgan fingerprint density at radius 3 is 1.35 bits per heavy atom. The molecular formula is C52H40BBrN3. The van der Waals surface area contributed by atoms with Crippen LogP contribution < -0.4 is 10.6 Å². The van der Waals surface area contributed by atoms with Crippen LogP contribution in [-0.2, 0) is 0 Å². The molecule has 3 nitrogen and oxygen atoms in total. The highest BCUT2D eigenvalue weighted by Gasteiger charge is 2.18. The average Bonchev–Trinajstić information content (AvgIpc) is 3.60. The van der Waals surface area contributed by atoms with E-state index in [2.05, 4.69) is 225 Å². The van der Waals surface area contributed by atoms with Crippen molar-refractivity contribution < 1.29 is 0 Å². The maximum Gasteiger partial charge on any atom is 0.0613 e. The van der Waals surface area contributed by atoms with Gasteiger partial charge in [0.25, 0.3) is 0 Å². The highest BCUT2D eigenvalue weighted by molar-refractivity contribution is 9.10. The first-order valence-corrected chi connectivity index (χ1v) is 19.5. The molecule has 0 fully saturated rings. The van der Waals surface area contributed by atoms with Gasteiger partial charge in [-0.1, -0.05) is 168 Å². The van der Waals surface area contributed by atoms with E-state index in [0.717, 1.165) is 32.9 Å². The van der Waals surface area contributed by atoms with E-state index in [0.29, 0.717) is 0 Å². The first-order chi connectivity index (χ1) is 27.7. The zero-order valence-electron chi connectivity index (χ0n) is 31.3. The third-order valence-electron chi connectivity index (χ3n) is 9.52. The smallest absolute Gasteiger partial charge is 0.0613 e. The molecule has 0 bridgehead atoms. The maximum absolute atomic E-state index is 3.52. The number of benzene rings is 8. The quantitative estimate of drug-likeness (QED) is 0.142. The third-order valence-corrected chi connectivity index (χ3v) is 10.0. The van der Waals surface area contributed by atoms with Gasteiger partial charge < -0.3 is 15.2 Å². The molecule has 5 heteroatoms. The predicted octanol–water partition coefficient (Wildman–Crippen LogP) is 14.7. The molecule has 0 spiro atoms. The molecule has 1 heterocycles. The number of para-hydroxylation sites is 4. The summed E-state index contributed by atoms with van der Waals surface area (Å²) in [7, 11) is 0. The zero-order chi connectivity index (χ0) is 37.9. The number of nitrogens with zero attached hydrogens (tertiary/aromatic N) is 1. The van der Waals surface area contributed by atoms with Gasteiger partial charge >= 0.3 is 0 Å². The van der Waals surface area contributed by atoms with Gasteiger partial charge in [0.05, 0.1) is 11.2 Å². The molecule has 9 aromatic rings. The highest BCUT2D eigenvalue weighted by Crippen LogP contribution is 2.38. The minimum atomic E-state index is 0. The number of hydrogen-bond donors (Lipinski definition) is 2. The summed E-state index contributed by atoms with van der Waals surface area (Å²) in [6, 6.07) is 75.7. The number of anilines is 4.